The second-order valence-corrected chi connectivity index (χ2v) is 3.79. The summed E-state index contributed by atoms with van der Waals surface area (Å²) in [7, 11) is 1.50. The first-order valence-electron chi connectivity index (χ1n) is 4.87. The van der Waals surface area contributed by atoms with E-state index < -0.39 is 5.60 Å². The van der Waals surface area contributed by atoms with Crippen molar-refractivity contribution in [3.05, 3.63) is 17.5 Å². The Balaban J connectivity index is 2.78. The van der Waals surface area contributed by atoms with Crippen molar-refractivity contribution in [1.82, 2.24) is 9.97 Å². The summed E-state index contributed by atoms with van der Waals surface area (Å²) in [5.74, 6) is 0.106. The standard InChI is InChI=1S/C10H14ClN3O2/c1-4-10(2,16-3)8(15)13-7-5-6-12-9(11)14-7/h5-6H,4H2,1-3H3,(H,12,13,14,15). The van der Waals surface area contributed by atoms with E-state index in [0.29, 0.717) is 12.2 Å². The van der Waals surface area contributed by atoms with Gasteiger partial charge in [0.2, 0.25) is 5.28 Å². The van der Waals surface area contributed by atoms with E-state index in [2.05, 4.69) is 15.3 Å². The van der Waals surface area contributed by atoms with Crippen molar-refractivity contribution >= 4 is 23.3 Å². The molecule has 88 valence electrons. The fourth-order valence-electron chi connectivity index (χ4n) is 1.05. The molecule has 1 aromatic heterocycles. The first kappa shape index (κ1) is 12.9. The zero-order chi connectivity index (χ0) is 12.2. The van der Waals surface area contributed by atoms with Gasteiger partial charge >= 0.3 is 0 Å². The second-order valence-electron chi connectivity index (χ2n) is 3.45. The molecule has 5 nitrogen and oxygen atoms in total. The third-order valence-electron chi connectivity index (χ3n) is 2.47. The molecule has 1 N–H and O–H groups in total. The lowest BCUT2D eigenvalue weighted by molar-refractivity contribution is -0.136. The Morgan fingerprint density at radius 3 is 2.88 bits per heavy atom. The van der Waals surface area contributed by atoms with E-state index in [1.807, 2.05) is 6.92 Å². The lowest BCUT2D eigenvalue weighted by Gasteiger charge is -2.24. The molecule has 0 aliphatic carbocycles. The predicted molar refractivity (Wildman–Crippen MR) is 61.4 cm³/mol. The quantitative estimate of drug-likeness (QED) is 0.821. The minimum absolute atomic E-state index is 0.0911. The van der Waals surface area contributed by atoms with E-state index in [4.69, 9.17) is 16.3 Å². The van der Waals surface area contributed by atoms with E-state index >= 15 is 0 Å². The van der Waals surface area contributed by atoms with Crippen molar-refractivity contribution < 1.29 is 9.53 Å². The maximum absolute atomic E-state index is 11.9. The monoisotopic (exact) mass is 243 g/mol. The van der Waals surface area contributed by atoms with Crippen molar-refractivity contribution in [2.45, 2.75) is 25.9 Å². The number of carbonyl (C=O) groups excluding carboxylic acids is 1. The Bertz CT molecular complexity index is 380. The number of hydrogen-bond acceptors (Lipinski definition) is 4. The van der Waals surface area contributed by atoms with Crippen molar-refractivity contribution in [3.8, 4) is 0 Å². The summed E-state index contributed by atoms with van der Waals surface area (Å²) in [6, 6.07) is 1.56. The van der Waals surface area contributed by atoms with Crippen LogP contribution in [0.1, 0.15) is 20.3 Å². The van der Waals surface area contributed by atoms with Gasteiger partial charge in [0.1, 0.15) is 11.4 Å². The molecule has 0 aromatic carbocycles. The summed E-state index contributed by atoms with van der Waals surface area (Å²) < 4.78 is 5.16. The van der Waals surface area contributed by atoms with Gasteiger partial charge in [-0.25, -0.2) is 9.97 Å². The van der Waals surface area contributed by atoms with Crippen LogP contribution in [0.15, 0.2) is 12.3 Å². The number of methoxy groups -OCH3 is 1. The number of aromatic nitrogens is 2. The SMILES string of the molecule is CCC(C)(OC)C(=O)Nc1ccnc(Cl)n1. The summed E-state index contributed by atoms with van der Waals surface area (Å²) in [6.07, 6.45) is 2.04. The van der Waals surface area contributed by atoms with Gasteiger partial charge in [-0.3, -0.25) is 4.79 Å². The largest absolute Gasteiger partial charge is 0.369 e. The Morgan fingerprint density at radius 1 is 1.69 bits per heavy atom. The van der Waals surface area contributed by atoms with E-state index in [-0.39, 0.29) is 11.2 Å². The Hall–Kier alpha value is -1.20. The number of carbonyl (C=O) groups is 1. The Labute approximate surface area is 99.2 Å². The van der Waals surface area contributed by atoms with Crippen LogP contribution >= 0.6 is 11.6 Å². The maximum Gasteiger partial charge on any atom is 0.257 e. The van der Waals surface area contributed by atoms with Crippen molar-refractivity contribution in [2.24, 2.45) is 0 Å². The Kier molecular flexibility index (Phi) is 4.20. The van der Waals surface area contributed by atoms with Gasteiger partial charge in [-0.15, -0.1) is 0 Å². The van der Waals surface area contributed by atoms with Gasteiger partial charge in [0.05, 0.1) is 0 Å². The molecule has 0 radical (unpaired) electrons. The predicted octanol–water partition coefficient (Wildman–Crippen LogP) is 1.88. The van der Waals surface area contributed by atoms with Crippen LogP contribution in [0, 0.1) is 0 Å². The van der Waals surface area contributed by atoms with Gasteiger partial charge in [0, 0.05) is 13.3 Å². The fourth-order valence-corrected chi connectivity index (χ4v) is 1.20. The van der Waals surface area contributed by atoms with Crippen molar-refractivity contribution in [1.29, 1.82) is 0 Å². The lowest BCUT2D eigenvalue weighted by Crippen LogP contribution is -2.41. The van der Waals surface area contributed by atoms with Crippen molar-refractivity contribution in [2.75, 3.05) is 12.4 Å². The highest BCUT2D eigenvalue weighted by molar-refractivity contribution is 6.28. The summed E-state index contributed by atoms with van der Waals surface area (Å²) in [6.45, 7) is 3.58. The molecule has 0 aliphatic heterocycles. The van der Waals surface area contributed by atoms with Crippen LogP contribution < -0.4 is 5.32 Å². The highest BCUT2D eigenvalue weighted by atomic mass is 35.5. The molecule has 1 atom stereocenters. The van der Waals surface area contributed by atoms with Gasteiger partial charge in [0.15, 0.2) is 0 Å². The van der Waals surface area contributed by atoms with E-state index in [1.165, 1.54) is 13.3 Å². The molecule has 0 aliphatic rings. The first-order chi connectivity index (χ1) is 7.51. The highest BCUT2D eigenvalue weighted by Crippen LogP contribution is 2.16. The van der Waals surface area contributed by atoms with Gasteiger partial charge in [0.25, 0.3) is 5.91 Å². The molecule has 1 aromatic rings. The molecule has 6 heteroatoms. The number of nitrogens with one attached hydrogen (secondary N) is 1. The van der Waals surface area contributed by atoms with E-state index in [0.717, 1.165) is 0 Å². The topological polar surface area (TPSA) is 64.1 Å². The molecule has 1 rings (SSSR count). The Morgan fingerprint density at radius 2 is 2.38 bits per heavy atom. The fraction of sp³-hybridized carbons (Fsp3) is 0.500. The molecular formula is C10H14ClN3O2. The maximum atomic E-state index is 11.9. The molecule has 1 unspecified atom stereocenters. The van der Waals surface area contributed by atoms with Gasteiger partial charge in [-0.1, -0.05) is 6.92 Å². The molecule has 16 heavy (non-hydrogen) atoms. The first-order valence-corrected chi connectivity index (χ1v) is 5.25. The van der Waals surface area contributed by atoms with Crippen LogP contribution in [-0.2, 0) is 9.53 Å². The molecule has 1 heterocycles. The molecule has 0 bridgehead atoms. The van der Waals surface area contributed by atoms with Crippen LogP contribution in [0.25, 0.3) is 0 Å². The van der Waals surface area contributed by atoms with Gasteiger partial charge < -0.3 is 10.1 Å². The van der Waals surface area contributed by atoms with E-state index in [1.54, 1.807) is 13.0 Å². The average Bonchev–Trinajstić information content (AvgIpc) is 2.28. The number of nitrogens with zero attached hydrogens (tertiary/aromatic N) is 2. The molecule has 0 saturated heterocycles. The third kappa shape index (κ3) is 2.90. The minimum Gasteiger partial charge on any atom is -0.369 e. The molecule has 0 saturated carbocycles. The summed E-state index contributed by atoms with van der Waals surface area (Å²) in [5, 5.41) is 2.72. The van der Waals surface area contributed by atoms with Crippen LogP contribution in [0.3, 0.4) is 0 Å². The van der Waals surface area contributed by atoms with E-state index in [9.17, 15) is 4.79 Å². The molecule has 0 fully saturated rings. The van der Waals surface area contributed by atoms with Crippen LogP contribution in [0.4, 0.5) is 5.82 Å². The van der Waals surface area contributed by atoms with Crippen molar-refractivity contribution in [3.63, 3.8) is 0 Å². The van der Waals surface area contributed by atoms with Gasteiger partial charge in [-0.2, -0.15) is 0 Å². The smallest absolute Gasteiger partial charge is 0.257 e. The number of halogens is 1. The van der Waals surface area contributed by atoms with Crippen LogP contribution in [-0.4, -0.2) is 28.6 Å². The number of ether oxygens (including phenoxy) is 1. The molecule has 1 amide bonds. The number of amides is 1. The van der Waals surface area contributed by atoms with Gasteiger partial charge in [-0.05, 0) is 31.0 Å². The average molecular weight is 244 g/mol. The minimum atomic E-state index is -0.864. The molecular weight excluding hydrogens is 230 g/mol. The molecule has 0 spiro atoms. The summed E-state index contributed by atoms with van der Waals surface area (Å²) in [4.78, 5) is 19.5. The zero-order valence-corrected chi connectivity index (χ0v) is 10.2. The second kappa shape index (κ2) is 5.23. The third-order valence-corrected chi connectivity index (χ3v) is 2.66. The number of anilines is 1. The zero-order valence-electron chi connectivity index (χ0n) is 9.45. The normalized spacial score (nSPS) is 14.2. The highest BCUT2D eigenvalue weighted by Gasteiger charge is 2.31. The summed E-state index contributed by atoms with van der Waals surface area (Å²) in [5.41, 5.74) is -0.864. The van der Waals surface area contributed by atoms with Crippen LogP contribution in [0.5, 0.6) is 0 Å². The number of rotatable bonds is 4. The lowest BCUT2D eigenvalue weighted by atomic mass is 10.0. The number of hydrogen-bond donors (Lipinski definition) is 1. The van der Waals surface area contributed by atoms with Crippen LogP contribution in [0.2, 0.25) is 5.28 Å². The summed E-state index contributed by atoms with van der Waals surface area (Å²) >= 11 is 5.61.